The fourth-order valence-electron chi connectivity index (χ4n) is 2.44. The van der Waals surface area contributed by atoms with Crippen molar-refractivity contribution in [2.45, 2.75) is 27.2 Å². The minimum atomic E-state index is -0.283. The highest BCUT2D eigenvalue weighted by atomic mass is 35.5. The van der Waals surface area contributed by atoms with Gasteiger partial charge in [0.25, 0.3) is 0 Å². The van der Waals surface area contributed by atoms with Crippen LogP contribution in [0.1, 0.15) is 32.8 Å². The molecule has 0 saturated heterocycles. The summed E-state index contributed by atoms with van der Waals surface area (Å²) in [6, 6.07) is 7.27. The highest BCUT2D eigenvalue weighted by molar-refractivity contribution is 6.30. The molecule has 0 saturated carbocycles. The summed E-state index contributed by atoms with van der Waals surface area (Å²) in [6.07, 6.45) is 3.50. The molecule has 0 radical (unpaired) electrons. The maximum Gasteiger partial charge on any atom is 0.307 e. The van der Waals surface area contributed by atoms with E-state index in [1.54, 1.807) is 30.0 Å². The lowest BCUT2D eigenvalue weighted by atomic mass is 10.2. The van der Waals surface area contributed by atoms with Crippen LogP contribution in [0.4, 0.5) is 0 Å². The van der Waals surface area contributed by atoms with Crippen molar-refractivity contribution in [2.75, 3.05) is 39.3 Å². The number of hydrogen-bond donors (Lipinski definition) is 0. The summed E-state index contributed by atoms with van der Waals surface area (Å²) >= 11 is 5.87. The lowest BCUT2D eigenvalue weighted by Crippen LogP contribution is -2.39. The van der Waals surface area contributed by atoms with Gasteiger partial charge in [-0.15, -0.1) is 0 Å². The molecule has 0 bridgehead atoms. The third kappa shape index (κ3) is 8.50. The van der Waals surface area contributed by atoms with Gasteiger partial charge < -0.3 is 14.5 Å². The second-order valence-corrected chi connectivity index (χ2v) is 6.23. The van der Waals surface area contributed by atoms with Crippen LogP contribution in [-0.2, 0) is 14.3 Å². The number of rotatable bonds is 11. The summed E-state index contributed by atoms with van der Waals surface area (Å²) in [6.45, 7) is 9.86. The molecule has 0 atom stereocenters. The van der Waals surface area contributed by atoms with E-state index in [1.165, 1.54) is 6.08 Å². The van der Waals surface area contributed by atoms with Gasteiger partial charge in [0, 0.05) is 30.7 Å². The van der Waals surface area contributed by atoms with Crippen LogP contribution >= 0.6 is 11.6 Å². The van der Waals surface area contributed by atoms with Crippen LogP contribution in [-0.4, -0.2) is 61.0 Å². The van der Waals surface area contributed by atoms with Crippen molar-refractivity contribution in [3.05, 3.63) is 40.9 Å². The average molecular weight is 381 g/mol. The van der Waals surface area contributed by atoms with Crippen LogP contribution in [0, 0.1) is 0 Å². The molecule has 0 fully saturated rings. The Balaban J connectivity index is 2.71. The van der Waals surface area contributed by atoms with E-state index in [0.29, 0.717) is 24.7 Å². The van der Waals surface area contributed by atoms with Crippen molar-refractivity contribution in [2.24, 2.45) is 0 Å². The normalized spacial score (nSPS) is 11.1. The number of carbonyl (C=O) groups is 2. The highest BCUT2D eigenvalue weighted by Gasteiger charge is 2.14. The maximum atomic E-state index is 12.6. The number of halogens is 1. The van der Waals surface area contributed by atoms with Crippen LogP contribution in [0.5, 0.6) is 0 Å². The molecule has 0 N–H and O–H groups in total. The van der Waals surface area contributed by atoms with Crippen molar-refractivity contribution in [1.29, 1.82) is 0 Å². The Bertz CT molecular complexity index is 583. The molecule has 0 aromatic heterocycles. The lowest BCUT2D eigenvalue weighted by molar-refractivity contribution is -0.143. The summed E-state index contributed by atoms with van der Waals surface area (Å²) < 4.78 is 4.96. The Morgan fingerprint density at radius 3 is 2.27 bits per heavy atom. The Morgan fingerprint density at radius 2 is 1.69 bits per heavy atom. The molecule has 0 aliphatic carbocycles. The first-order valence-electron chi connectivity index (χ1n) is 9.10. The molecule has 1 aromatic carbocycles. The van der Waals surface area contributed by atoms with Crippen molar-refractivity contribution in [3.63, 3.8) is 0 Å². The van der Waals surface area contributed by atoms with Gasteiger partial charge in [-0.2, -0.15) is 0 Å². The smallest absolute Gasteiger partial charge is 0.307 e. The van der Waals surface area contributed by atoms with Crippen molar-refractivity contribution in [3.8, 4) is 0 Å². The number of esters is 1. The van der Waals surface area contributed by atoms with E-state index in [2.05, 4.69) is 18.7 Å². The van der Waals surface area contributed by atoms with Crippen LogP contribution in [0.25, 0.3) is 6.08 Å². The number of nitrogens with zero attached hydrogens (tertiary/aromatic N) is 2. The van der Waals surface area contributed by atoms with Crippen LogP contribution in [0.15, 0.2) is 30.3 Å². The highest BCUT2D eigenvalue weighted by Crippen LogP contribution is 2.11. The van der Waals surface area contributed by atoms with Gasteiger partial charge in [-0.05, 0) is 43.8 Å². The SMILES string of the molecule is CCOC(=O)CCN(CCN(CC)CC)C(=O)/C=C/c1ccc(Cl)cc1. The molecule has 5 nitrogen and oxygen atoms in total. The predicted molar refractivity (Wildman–Crippen MR) is 106 cm³/mol. The summed E-state index contributed by atoms with van der Waals surface area (Å²) in [5.41, 5.74) is 0.900. The first-order chi connectivity index (χ1) is 12.5. The zero-order valence-corrected chi connectivity index (χ0v) is 16.7. The molecule has 1 rings (SSSR count). The average Bonchev–Trinajstić information content (AvgIpc) is 2.64. The lowest BCUT2D eigenvalue weighted by Gasteiger charge is -2.25. The zero-order chi connectivity index (χ0) is 19.4. The summed E-state index contributed by atoms with van der Waals surface area (Å²) in [4.78, 5) is 28.2. The van der Waals surface area contributed by atoms with E-state index in [0.717, 1.165) is 25.2 Å². The molecule has 26 heavy (non-hydrogen) atoms. The molecule has 0 spiro atoms. The Hall–Kier alpha value is -1.85. The van der Waals surface area contributed by atoms with Gasteiger partial charge in [0.2, 0.25) is 5.91 Å². The fraction of sp³-hybridized carbons (Fsp3) is 0.500. The van der Waals surface area contributed by atoms with E-state index in [9.17, 15) is 9.59 Å². The Morgan fingerprint density at radius 1 is 1.04 bits per heavy atom. The number of likely N-dealkylation sites (N-methyl/N-ethyl adjacent to an activating group) is 1. The third-order valence-corrected chi connectivity index (χ3v) is 4.32. The van der Waals surface area contributed by atoms with Gasteiger partial charge >= 0.3 is 5.97 Å². The maximum absolute atomic E-state index is 12.6. The van der Waals surface area contributed by atoms with Gasteiger partial charge in [-0.25, -0.2) is 0 Å². The molecular formula is C20H29ClN2O3. The zero-order valence-electron chi connectivity index (χ0n) is 15.9. The topological polar surface area (TPSA) is 49.9 Å². The number of ether oxygens (including phenoxy) is 1. The van der Waals surface area contributed by atoms with E-state index in [4.69, 9.17) is 16.3 Å². The second-order valence-electron chi connectivity index (χ2n) is 5.79. The van der Waals surface area contributed by atoms with E-state index < -0.39 is 0 Å². The van der Waals surface area contributed by atoms with E-state index >= 15 is 0 Å². The van der Waals surface area contributed by atoms with Crippen LogP contribution < -0.4 is 0 Å². The molecule has 0 heterocycles. The van der Waals surface area contributed by atoms with Gasteiger partial charge in [-0.1, -0.05) is 37.6 Å². The van der Waals surface area contributed by atoms with Gasteiger partial charge in [-0.3, -0.25) is 9.59 Å². The first-order valence-corrected chi connectivity index (χ1v) is 9.48. The van der Waals surface area contributed by atoms with Gasteiger partial charge in [0.05, 0.1) is 13.0 Å². The molecular weight excluding hydrogens is 352 g/mol. The summed E-state index contributed by atoms with van der Waals surface area (Å²) in [5.74, 6) is -0.397. The number of hydrogen-bond acceptors (Lipinski definition) is 4. The monoisotopic (exact) mass is 380 g/mol. The number of amides is 1. The standard InChI is InChI=1S/C20H29ClN2O3/c1-4-22(5-2)15-16-23(14-13-20(25)26-6-3)19(24)12-9-17-7-10-18(21)11-8-17/h7-12H,4-6,13-16H2,1-3H3/b12-9+. The quantitative estimate of drug-likeness (QED) is 0.435. The van der Waals surface area contributed by atoms with Crippen molar-refractivity contribution in [1.82, 2.24) is 9.80 Å². The third-order valence-electron chi connectivity index (χ3n) is 4.07. The summed E-state index contributed by atoms with van der Waals surface area (Å²) in [7, 11) is 0. The molecule has 0 aliphatic rings. The summed E-state index contributed by atoms with van der Waals surface area (Å²) in [5, 5.41) is 0.656. The van der Waals surface area contributed by atoms with E-state index in [1.807, 2.05) is 12.1 Å². The molecule has 1 amide bonds. The first kappa shape index (κ1) is 22.2. The molecule has 6 heteroatoms. The van der Waals surface area contributed by atoms with Crippen LogP contribution in [0.2, 0.25) is 5.02 Å². The van der Waals surface area contributed by atoms with E-state index in [-0.39, 0.29) is 18.3 Å². The molecule has 0 unspecified atom stereocenters. The van der Waals surface area contributed by atoms with Gasteiger partial charge in [0.1, 0.15) is 0 Å². The second kappa shape index (κ2) is 12.5. The fourth-order valence-corrected chi connectivity index (χ4v) is 2.57. The number of benzene rings is 1. The minimum absolute atomic E-state index is 0.114. The minimum Gasteiger partial charge on any atom is -0.466 e. The predicted octanol–water partition coefficient (Wildman–Crippen LogP) is 3.48. The molecule has 1 aromatic rings. The molecule has 144 valence electrons. The number of carbonyl (C=O) groups excluding carboxylic acids is 2. The van der Waals surface area contributed by atoms with Crippen molar-refractivity contribution >= 4 is 29.6 Å². The van der Waals surface area contributed by atoms with Crippen LogP contribution in [0.3, 0.4) is 0 Å². The molecule has 0 aliphatic heterocycles. The largest absolute Gasteiger partial charge is 0.466 e. The Labute approximate surface area is 161 Å². The van der Waals surface area contributed by atoms with Crippen molar-refractivity contribution < 1.29 is 14.3 Å². The van der Waals surface area contributed by atoms with Gasteiger partial charge in [0.15, 0.2) is 0 Å². The Kier molecular flexibility index (Phi) is 10.7.